The van der Waals surface area contributed by atoms with E-state index in [1.165, 1.54) is 35.3 Å². The number of imidazole rings is 1. The molecule has 1 atom stereocenters. The van der Waals surface area contributed by atoms with Crippen molar-refractivity contribution in [2.75, 3.05) is 18.0 Å². The Kier molecular flexibility index (Phi) is 7.34. The summed E-state index contributed by atoms with van der Waals surface area (Å²) in [5, 5.41) is 4.51. The van der Waals surface area contributed by atoms with E-state index in [-0.39, 0.29) is 17.6 Å². The molecule has 32 heavy (non-hydrogen) atoms. The van der Waals surface area contributed by atoms with Gasteiger partial charge in [0, 0.05) is 18.5 Å². The van der Waals surface area contributed by atoms with Crippen LogP contribution in [0.15, 0.2) is 42.6 Å². The minimum Gasteiger partial charge on any atom is -0.406 e. The van der Waals surface area contributed by atoms with Crippen molar-refractivity contribution >= 4 is 17.4 Å². The van der Waals surface area contributed by atoms with E-state index >= 15 is 0 Å². The van der Waals surface area contributed by atoms with Gasteiger partial charge in [0.05, 0.1) is 11.9 Å². The van der Waals surface area contributed by atoms with Crippen molar-refractivity contribution in [3.05, 3.63) is 42.6 Å². The molecule has 1 amide bonds. The molecule has 3 aromatic rings. The highest BCUT2D eigenvalue weighted by Gasteiger charge is 2.31. The quantitative estimate of drug-likeness (QED) is 0.638. The highest BCUT2D eigenvalue weighted by molar-refractivity contribution is 5.93. The maximum Gasteiger partial charge on any atom is 0.573 e. The average molecular weight is 449 g/mol. The van der Waals surface area contributed by atoms with E-state index in [2.05, 4.69) is 28.7 Å². The number of halogens is 3. The summed E-state index contributed by atoms with van der Waals surface area (Å²) in [5.41, 5.74) is 7.12. The number of hydrogen-bond acceptors (Lipinski definition) is 5. The second kappa shape index (κ2) is 9.99. The van der Waals surface area contributed by atoms with Gasteiger partial charge in [0.15, 0.2) is 11.5 Å². The molecule has 1 aromatic carbocycles. The number of benzene rings is 1. The van der Waals surface area contributed by atoms with E-state index in [0.717, 1.165) is 6.42 Å². The predicted molar refractivity (Wildman–Crippen MR) is 115 cm³/mol. The third-order valence-corrected chi connectivity index (χ3v) is 4.85. The smallest absolute Gasteiger partial charge is 0.406 e. The van der Waals surface area contributed by atoms with Crippen LogP contribution < -0.4 is 15.4 Å². The summed E-state index contributed by atoms with van der Waals surface area (Å²) in [5.74, 6) is 0.239. The molecule has 0 aliphatic carbocycles. The number of carbonyl (C=O) groups is 1. The van der Waals surface area contributed by atoms with Crippen LogP contribution in [0.5, 0.6) is 5.75 Å². The second-order valence-corrected chi connectivity index (χ2v) is 7.53. The molecule has 10 heteroatoms. The predicted octanol–water partition coefficient (Wildman–Crippen LogP) is 4.41. The number of fused-ring (bicyclic) bond motifs is 1. The SMILES string of the molecule is CCC.NCC1CCN(c2ccc3ncc(-c4cccc(OC(F)(F)F)c4)n3n2)C(=O)C1. The van der Waals surface area contributed by atoms with Gasteiger partial charge in [-0.25, -0.2) is 9.50 Å². The molecular formula is C22H26F3N5O2. The Morgan fingerprint density at radius 3 is 2.62 bits per heavy atom. The number of nitrogens with two attached hydrogens (primary N) is 1. The van der Waals surface area contributed by atoms with Crippen molar-refractivity contribution in [3.63, 3.8) is 0 Å². The standard InChI is InChI=1S/C19H18F3N5O2.C3H8/c20-19(21,22)29-14-3-1-2-13(9-14)15-11-24-16-4-5-17(25-27(15)16)26-7-6-12(10-23)8-18(26)28;1-3-2/h1-5,9,11-12H,6-8,10,23H2;3H2,1-2H3. The first-order valence-electron chi connectivity index (χ1n) is 10.5. The Hall–Kier alpha value is -3.14. The summed E-state index contributed by atoms with van der Waals surface area (Å²) in [6.45, 7) is 5.23. The van der Waals surface area contributed by atoms with Crippen LogP contribution in [-0.2, 0) is 4.79 Å². The molecule has 2 N–H and O–H groups in total. The van der Waals surface area contributed by atoms with E-state index < -0.39 is 6.36 Å². The van der Waals surface area contributed by atoms with Gasteiger partial charge in [-0.3, -0.25) is 9.69 Å². The van der Waals surface area contributed by atoms with E-state index in [4.69, 9.17) is 5.73 Å². The monoisotopic (exact) mass is 449 g/mol. The molecule has 1 saturated heterocycles. The fourth-order valence-electron chi connectivity index (χ4n) is 3.40. The number of piperidine rings is 1. The van der Waals surface area contributed by atoms with Crippen LogP contribution in [0.3, 0.4) is 0 Å². The first-order chi connectivity index (χ1) is 15.3. The van der Waals surface area contributed by atoms with E-state index in [0.29, 0.717) is 42.2 Å². The van der Waals surface area contributed by atoms with Crippen LogP contribution in [0.4, 0.5) is 19.0 Å². The number of alkyl halides is 3. The molecule has 0 bridgehead atoms. The lowest BCUT2D eigenvalue weighted by Gasteiger charge is -2.30. The molecule has 1 aliphatic rings. The van der Waals surface area contributed by atoms with Gasteiger partial charge in [0.2, 0.25) is 5.91 Å². The lowest BCUT2D eigenvalue weighted by atomic mass is 9.96. The molecule has 3 heterocycles. The lowest BCUT2D eigenvalue weighted by molar-refractivity contribution is -0.274. The molecule has 4 rings (SSSR count). The molecule has 0 radical (unpaired) electrons. The molecule has 1 aliphatic heterocycles. The van der Waals surface area contributed by atoms with E-state index in [1.54, 1.807) is 23.1 Å². The minimum absolute atomic E-state index is 0.0548. The number of amides is 1. The summed E-state index contributed by atoms with van der Waals surface area (Å²) in [6, 6.07) is 9.00. The number of anilines is 1. The van der Waals surface area contributed by atoms with Gasteiger partial charge in [0.1, 0.15) is 5.75 Å². The van der Waals surface area contributed by atoms with Crippen molar-refractivity contribution in [1.29, 1.82) is 0 Å². The maximum atomic E-state index is 12.5. The Balaban J connectivity index is 0.000000913. The minimum atomic E-state index is -4.78. The van der Waals surface area contributed by atoms with Crippen molar-refractivity contribution < 1.29 is 22.7 Å². The van der Waals surface area contributed by atoms with Gasteiger partial charge >= 0.3 is 6.36 Å². The number of rotatable bonds is 4. The zero-order chi connectivity index (χ0) is 23.3. The summed E-state index contributed by atoms with van der Waals surface area (Å²) in [7, 11) is 0. The molecule has 172 valence electrons. The summed E-state index contributed by atoms with van der Waals surface area (Å²) in [6.07, 6.45) is -0.861. The lowest BCUT2D eigenvalue weighted by Crippen LogP contribution is -2.41. The molecule has 0 saturated carbocycles. The van der Waals surface area contributed by atoms with Crippen LogP contribution in [-0.4, -0.2) is 40.0 Å². The van der Waals surface area contributed by atoms with E-state index in [1.807, 2.05) is 0 Å². The summed E-state index contributed by atoms with van der Waals surface area (Å²) in [4.78, 5) is 18.3. The summed E-state index contributed by atoms with van der Waals surface area (Å²) >= 11 is 0. The van der Waals surface area contributed by atoms with Crippen molar-refractivity contribution in [2.24, 2.45) is 11.7 Å². The Labute approximate surface area is 184 Å². The van der Waals surface area contributed by atoms with Crippen molar-refractivity contribution in [2.45, 2.75) is 39.5 Å². The topological polar surface area (TPSA) is 85.8 Å². The van der Waals surface area contributed by atoms with Crippen LogP contribution in [0.25, 0.3) is 16.9 Å². The van der Waals surface area contributed by atoms with Gasteiger partial charge in [0.25, 0.3) is 0 Å². The Morgan fingerprint density at radius 2 is 1.97 bits per heavy atom. The molecular weight excluding hydrogens is 423 g/mol. The highest BCUT2D eigenvalue weighted by Crippen LogP contribution is 2.29. The van der Waals surface area contributed by atoms with Crippen LogP contribution in [0.2, 0.25) is 0 Å². The highest BCUT2D eigenvalue weighted by atomic mass is 19.4. The van der Waals surface area contributed by atoms with Crippen LogP contribution >= 0.6 is 0 Å². The number of carbonyl (C=O) groups excluding carboxylic acids is 1. The van der Waals surface area contributed by atoms with Gasteiger partial charge in [-0.2, -0.15) is 0 Å². The molecule has 7 nitrogen and oxygen atoms in total. The third kappa shape index (κ3) is 5.56. The number of hydrogen-bond donors (Lipinski definition) is 1. The van der Waals surface area contributed by atoms with Gasteiger partial charge in [-0.1, -0.05) is 32.4 Å². The zero-order valence-corrected chi connectivity index (χ0v) is 18.0. The molecule has 1 unspecified atom stereocenters. The van der Waals surface area contributed by atoms with Crippen LogP contribution in [0, 0.1) is 5.92 Å². The fraction of sp³-hybridized carbons (Fsp3) is 0.409. The van der Waals surface area contributed by atoms with Gasteiger partial charge < -0.3 is 10.5 Å². The zero-order valence-electron chi connectivity index (χ0n) is 18.0. The van der Waals surface area contributed by atoms with Crippen molar-refractivity contribution in [1.82, 2.24) is 14.6 Å². The third-order valence-electron chi connectivity index (χ3n) is 4.85. The van der Waals surface area contributed by atoms with Gasteiger partial charge in [-0.05, 0) is 43.1 Å². The van der Waals surface area contributed by atoms with Crippen LogP contribution in [0.1, 0.15) is 33.1 Å². The average Bonchev–Trinajstić information content (AvgIpc) is 3.16. The fourth-order valence-corrected chi connectivity index (χ4v) is 3.40. The number of nitrogens with zero attached hydrogens (tertiary/aromatic N) is 4. The molecule has 0 spiro atoms. The normalized spacial score (nSPS) is 16.6. The van der Waals surface area contributed by atoms with E-state index in [9.17, 15) is 18.0 Å². The second-order valence-electron chi connectivity index (χ2n) is 7.53. The summed E-state index contributed by atoms with van der Waals surface area (Å²) < 4.78 is 43.1. The Bertz CT molecular complexity index is 1070. The maximum absolute atomic E-state index is 12.5. The molecule has 2 aromatic heterocycles. The Morgan fingerprint density at radius 1 is 1.22 bits per heavy atom. The first-order valence-corrected chi connectivity index (χ1v) is 10.5. The van der Waals surface area contributed by atoms with Gasteiger partial charge in [-0.15, -0.1) is 18.3 Å². The first kappa shape index (κ1) is 23.5. The largest absolute Gasteiger partial charge is 0.573 e. The molecule has 1 fully saturated rings. The van der Waals surface area contributed by atoms with Crippen molar-refractivity contribution in [3.8, 4) is 17.0 Å². The number of ether oxygens (including phenoxy) is 1. The number of aromatic nitrogens is 3.